The van der Waals surface area contributed by atoms with Gasteiger partial charge in [0.05, 0.1) is 26.2 Å². The van der Waals surface area contributed by atoms with E-state index in [2.05, 4.69) is 0 Å². The van der Waals surface area contributed by atoms with Gasteiger partial charge in [-0.25, -0.2) is 0 Å². The second-order valence-corrected chi connectivity index (χ2v) is 6.29. The van der Waals surface area contributed by atoms with Crippen molar-refractivity contribution < 1.29 is 14.3 Å². The lowest BCUT2D eigenvalue weighted by atomic mass is 10.0. The average molecular weight is 328 g/mol. The molecule has 1 saturated heterocycles. The molecule has 2 atom stereocenters. The van der Waals surface area contributed by atoms with Crippen molar-refractivity contribution in [3.8, 4) is 5.75 Å². The number of carbonyl (C=O) groups excluding carboxylic acids is 1. The number of methoxy groups -OCH3 is 1. The summed E-state index contributed by atoms with van der Waals surface area (Å²) in [5.74, 6) is 0.907. The lowest BCUT2D eigenvalue weighted by Gasteiger charge is -2.34. The van der Waals surface area contributed by atoms with Crippen LogP contribution in [0.15, 0.2) is 36.4 Å². The molecule has 128 valence electrons. The number of rotatable bonds is 4. The smallest absolute Gasteiger partial charge is 0.227 e. The van der Waals surface area contributed by atoms with Gasteiger partial charge in [-0.2, -0.15) is 0 Å². The van der Waals surface area contributed by atoms with Crippen molar-refractivity contribution in [2.24, 2.45) is 5.73 Å². The van der Waals surface area contributed by atoms with Crippen molar-refractivity contribution in [1.82, 2.24) is 4.90 Å². The molecule has 24 heavy (non-hydrogen) atoms. The number of hydrogen-bond donors (Lipinski definition) is 1. The quantitative estimate of drug-likeness (QED) is 0.932. The molecule has 0 radical (unpaired) electrons. The molecular formula is C19H24N2O3. The largest absolute Gasteiger partial charge is 0.497 e. The number of amides is 1. The minimum atomic E-state index is -0.0877. The number of benzene rings is 2. The summed E-state index contributed by atoms with van der Waals surface area (Å²) < 4.78 is 10.9. The fourth-order valence-corrected chi connectivity index (χ4v) is 3.09. The zero-order valence-electron chi connectivity index (χ0n) is 14.2. The topological polar surface area (TPSA) is 64.8 Å². The molecule has 2 aromatic carbocycles. The molecular weight excluding hydrogens is 304 g/mol. The van der Waals surface area contributed by atoms with Gasteiger partial charge in [0.2, 0.25) is 5.91 Å². The highest BCUT2D eigenvalue weighted by Gasteiger charge is 2.26. The second-order valence-electron chi connectivity index (χ2n) is 6.29. The molecule has 1 aliphatic rings. The van der Waals surface area contributed by atoms with Crippen molar-refractivity contribution in [3.63, 3.8) is 0 Å². The molecule has 0 aliphatic carbocycles. The Balaban J connectivity index is 1.80. The van der Waals surface area contributed by atoms with Gasteiger partial charge in [-0.05, 0) is 35.4 Å². The lowest BCUT2D eigenvalue weighted by Crippen LogP contribution is -2.51. The molecule has 5 heteroatoms. The molecule has 2 N–H and O–H groups in total. The van der Waals surface area contributed by atoms with Gasteiger partial charge in [-0.15, -0.1) is 0 Å². The first-order valence-corrected chi connectivity index (χ1v) is 8.29. The highest BCUT2D eigenvalue weighted by molar-refractivity contribution is 5.91. The van der Waals surface area contributed by atoms with Crippen LogP contribution in [0.2, 0.25) is 0 Å². The Morgan fingerprint density at radius 3 is 3.00 bits per heavy atom. The van der Waals surface area contributed by atoms with Crippen LogP contribution in [-0.4, -0.2) is 49.8 Å². The lowest BCUT2D eigenvalue weighted by molar-refractivity contribution is -0.138. The van der Waals surface area contributed by atoms with Crippen LogP contribution in [0.3, 0.4) is 0 Å². The average Bonchev–Trinajstić information content (AvgIpc) is 2.61. The minimum Gasteiger partial charge on any atom is -0.497 e. The minimum absolute atomic E-state index is 0.0811. The summed E-state index contributed by atoms with van der Waals surface area (Å²) in [5.41, 5.74) is 6.93. The first-order chi connectivity index (χ1) is 11.6. The molecule has 1 amide bonds. The summed E-state index contributed by atoms with van der Waals surface area (Å²) in [7, 11) is 1.65. The molecule has 0 saturated carbocycles. The van der Waals surface area contributed by atoms with E-state index in [4.69, 9.17) is 15.2 Å². The SMILES string of the molecule is COc1ccc2cccc(CC(=O)N3CCOC(C(C)N)C3)c2c1. The Bertz CT molecular complexity index is 730. The molecule has 1 heterocycles. The Hall–Kier alpha value is -2.11. The third kappa shape index (κ3) is 3.52. The van der Waals surface area contributed by atoms with E-state index in [1.54, 1.807) is 7.11 Å². The van der Waals surface area contributed by atoms with Crippen molar-refractivity contribution in [1.29, 1.82) is 0 Å². The van der Waals surface area contributed by atoms with Crippen LogP contribution >= 0.6 is 0 Å². The first-order valence-electron chi connectivity index (χ1n) is 8.29. The van der Waals surface area contributed by atoms with Crippen LogP contribution in [-0.2, 0) is 16.0 Å². The summed E-state index contributed by atoms with van der Waals surface area (Å²) in [6.45, 7) is 3.64. The summed E-state index contributed by atoms with van der Waals surface area (Å²) in [6.07, 6.45) is 0.284. The van der Waals surface area contributed by atoms with Crippen molar-refractivity contribution in [2.75, 3.05) is 26.8 Å². The number of carbonyl (C=O) groups is 1. The molecule has 1 fully saturated rings. The zero-order valence-corrected chi connectivity index (χ0v) is 14.2. The van der Waals surface area contributed by atoms with E-state index in [1.165, 1.54) is 0 Å². The highest BCUT2D eigenvalue weighted by Crippen LogP contribution is 2.25. The van der Waals surface area contributed by atoms with Crippen LogP contribution in [0.5, 0.6) is 5.75 Å². The molecule has 3 rings (SSSR count). The standard InChI is InChI=1S/C19H24N2O3/c1-13(20)18-12-21(8-9-24-18)19(22)10-15-5-3-4-14-6-7-16(23-2)11-17(14)15/h3-7,11,13,18H,8-10,12,20H2,1-2H3. The van der Waals surface area contributed by atoms with Gasteiger partial charge in [-0.3, -0.25) is 4.79 Å². The monoisotopic (exact) mass is 328 g/mol. The maximum absolute atomic E-state index is 12.7. The van der Waals surface area contributed by atoms with Crippen LogP contribution < -0.4 is 10.5 Å². The van der Waals surface area contributed by atoms with E-state index in [1.807, 2.05) is 48.2 Å². The maximum atomic E-state index is 12.7. The maximum Gasteiger partial charge on any atom is 0.227 e. The number of nitrogens with two attached hydrogens (primary N) is 1. The highest BCUT2D eigenvalue weighted by atomic mass is 16.5. The van der Waals surface area contributed by atoms with E-state index in [0.717, 1.165) is 22.1 Å². The van der Waals surface area contributed by atoms with Gasteiger partial charge >= 0.3 is 0 Å². The normalized spacial score (nSPS) is 19.3. The van der Waals surface area contributed by atoms with Gasteiger partial charge in [0, 0.05) is 19.1 Å². The molecule has 2 unspecified atom stereocenters. The summed E-state index contributed by atoms with van der Waals surface area (Å²) in [4.78, 5) is 14.6. The van der Waals surface area contributed by atoms with E-state index in [-0.39, 0.29) is 18.1 Å². The van der Waals surface area contributed by atoms with E-state index in [0.29, 0.717) is 26.1 Å². The van der Waals surface area contributed by atoms with Crippen LogP contribution in [0, 0.1) is 0 Å². The van der Waals surface area contributed by atoms with Gasteiger partial charge in [-0.1, -0.05) is 24.3 Å². The fourth-order valence-electron chi connectivity index (χ4n) is 3.09. The van der Waals surface area contributed by atoms with Gasteiger partial charge in [0.25, 0.3) is 0 Å². The number of ether oxygens (including phenoxy) is 2. The zero-order chi connectivity index (χ0) is 17.1. The van der Waals surface area contributed by atoms with Crippen molar-refractivity contribution >= 4 is 16.7 Å². The Morgan fingerprint density at radius 2 is 2.25 bits per heavy atom. The van der Waals surface area contributed by atoms with Gasteiger partial charge < -0.3 is 20.1 Å². The number of fused-ring (bicyclic) bond motifs is 1. The molecule has 2 aromatic rings. The van der Waals surface area contributed by atoms with Crippen LogP contribution in [0.1, 0.15) is 12.5 Å². The predicted molar refractivity (Wildman–Crippen MR) is 94.2 cm³/mol. The van der Waals surface area contributed by atoms with Gasteiger partial charge in [0.15, 0.2) is 0 Å². The Kier molecular flexibility index (Phi) is 5.02. The van der Waals surface area contributed by atoms with E-state index >= 15 is 0 Å². The van der Waals surface area contributed by atoms with Crippen molar-refractivity contribution in [3.05, 3.63) is 42.0 Å². The molecule has 1 aliphatic heterocycles. The van der Waals surface area contributed by atoms with E-state index < -0.39 is 0 Å². The Morgan fingerprint density at radius 1 is 1.42 bits per heavy atom. The third-order valence-corrected chi connectivity index (χ3v) is 4.55. The fraction of sp³-hybridized carbons (Fsp3) is 0.421. The molecule has 0 bridgehead atoms. The van der Waals surface area contributed by atoms with Crippen LogP contribution in [0.25, 0.3) is 10.8 Å². The number of morpholine rings is 1. The first kappa shape index (κ1) is 16.7. The second kappa shape index (κ2) is 7.20. The molecule has 0 spiro atoms. The number of nitrogens with zero attached hydrogens (tertiary/aromatic N) is 1. The predicted octanol–water partition coefficient (Wildman–Crippen LogP) is 1.97. The molecule has 0 aromatic heterocycles. The van der Waals surface area contributed by atoms with E-state index in [9.17, 15) is 4.79 Å². The summed E-state index contributed by atoms with van der Waals surface area (Å²) >= 11 is 0. The third-order valence-electron chi connectivity index (χ3n) is 4.55. The summed E-state index contributed by atoms with van der Waals surface area (Å²) in [5, 5.41) is 2.17. The molecule has 5 nitrogen and oxygen atoms in total. The summed E-state index contributed by atoms with van der Waals surface area (Å²) in [6, 6.07) is 11.9. The van der Waals surface area contributed by atoms with Gasteiger partial charge in [0.1, 0.15) is 5.75 Å². The van der Waals surface area contributed by atoms with Crippen molar-refractivity contribution in [2.45, 2.75) is 25.5 Å². The Labute approximate surface area is 142 Å². The van der Waals surface area contributed by atoms with Crippen LogP contribution in [0.4, 0.5) is 0 Å². The number of hydrogen-bond acceptors (Lipinski definition) is 4.